The minimum atomic E-state index is -3.59. The maximum Gasteiger partial charge on any atom is 0.241 e. The van der Waals surface area contributed by atoms with Crippen LogP contribution >= 0.6 is 0 Å². The summed E-state index contributed by atoms with van der Waals surface area (Å²) in [5.74, 6) is 5.34. The van der Waals surface area contributed by atoms with E-state index in [1.54, 1.807) is 32.2 Å². The van der Waals surface area contributed by atoms with Crippen molar-refractivity contribution in [2.24, 2.45) is 5.84 Å². The van der Waals surface area contributed by atoms with Crippen molar-refractivity contribution in [3.8, 4) is 0 Å². The number of nitrogen functional groups attached to an aromatic ring is 1. The first-order valence-corrected chi connectivity index (χ1v) is 9.69. The molecule has 0 fully saturated rings. The van der Waals surface area contributed by atoms with E-state index < -0.39 is 20.8 Å². The van der Waals surface area contributed by atoms with E-state index in [2.05, 4.69) is 10.1 Å². The van der Waals surface area contributed by atoms with Crippen LogP contribution in [0.3, 0.4) is 0 Å². The SMILES string of the molecule is Cc1cc(NN)cc(C)c1S(=O)(=O)NCCC(C)S(C)=O. The van der Waals surface area contributed by atoms with Gasteiger partial charge >= 0.3 is 0 Å². The minimum Gasteiger partial charge on any atom is -0.324 e. The Morgan fingerprint density at radius 2 is 1.81 bits per heavy atom. The van der Waals surface area contributed by atoms with Crippen molar-refractivity contribution in [1.82, 2.24) is 4.72 Å². The molecule has 6 nitrogen and oxygen atoms in total. The zero-order valence-electron chi connectivity index (χ0n) is 12.8. The molecule has 0 amide bonds. The Morgan fingerprint density at radius 3 is 2.24 bits per heavy atom. The number of sulfonamides is 1. The minimum absolute atomic E-state index is 0.0429. The van der Waals surface area contributed by atoms with E-state index in [9.17, 15) is 12.6 Å². The number of anilines is 1. The fourth-order valence-corrected chi connectivity index (χ4v) is 4.04. The molecule has 2 unspecified atom stereocenters. The van der Waals surface area contributed by atoms with Gasteiger partial charge in [-0.2, -0.15) is 0 Å². The monoisotopic (exact) mass is 333 g/mol. The summed E-state index contributed by atoms with van der Waals surface area (Å²) in [6.07, 6.45) is 2.15. The molecular weight excluding hydrogens is 310 g/mol. The van der Waals surface area contributed by atoms with Crippen LogP contribution in [0.4, 0.5) is 5.69 Å². The summed E-state index contributed by atoms with van der Waals surface area (Å²) in [5.41, 5.74) is 4.43. The number of hydrogen-bond acceptors (Lipinski definition) is 5. The first-order chi connectivity index (χ1) is 9.69. The average Bonchev–Trinajstić information content (AvgIpc) is 2.36. The van der Waals surface area contributed by atoms with E-state index in [0.717, 1.165) is 0 Å². The van der Waals surface area contributed by atoms with Gasteiger partial charge in [0.1, 0.15) is 0 Å². The summed E-state index contributed by atoms with van der Waals surface area (Å²) in [4.78, 5) is 0.270. The molecule has 1 rings (SSSR count). The summed E-state index contributed by atoms with van der Waals surface area (Å²) in [5, 5.41) is -0.0429. The van der Waals surface area contributed by atoms with E-state index in [1.165, 1.54) is 0 Å². The van der Waals surface area contributed by atoms with Crippen LogP contribution in [0.1, 0.15) is 24.5 Å². The predicted octanol–water partition coefficient (Wildman–Crippen LogP) is 1.02. The zero-order valence-corrected chi connectivity index (χ0v) is 14.4. The molecule has 1 aromatic carbocycles. The van der Waals surface area contributed by atoms with Crippen LogP contribution in [-0.2, 0) is 20.8 Å². The van der Waals surface area contributed by atoms with Gasteiger partial charge in [0.2, 0.25) is 10.0 Å². The summed E-state index contributed by atoms with van der Waals surface area (Å²) >= 11 is 0. The Morgan fingerprint density at radius 1 is 1.29 bits per heavy atom. The first-order valence-electron chi connectivity index (χ1n) is 6.58. The third-order valence-electron chi connectivity index (χ3n) is 3.31. The van der Waals surface area contributed by atoms with E-state index >= 15 is 0 Å². The lowest BCUT2D eigenvalue weighted by Crippen LogP contribution is -2.28. The Balaban J connectivity index is 2.91. The lowest BCUT2D eigenvalue weighted by molar-refractivity contribution is 0.576. The van der Waals surface area contributed by atoms with Crippen LogP contribution in [0, 0.1) is 13.8 Å². The number of nitrogens with two attached hydrogens (primary N) is 1. The Bertz CT molecular complexity index is 607. The molecule has 0 saturated heterocycles. The standard InChI is InChI=1S/C13H23N3O3S2/c1-9-7-12(16-14)8-10(2)13(9)21(18,19)15-6-5-11(3)20(4)17/h7-8,11,15-16H,5-6,14H2,1-4H3. The van der Waals surface area contributed by atoms with Gasteiger partial charge in [-0.05, 0) is 43.5 Å². The summed E-state index contributed by atoms with van der Waals surface area (Å²) < 4.78 is 38.6. The molecule has 0 aromatic heterocycles. The van der Waals surface area contributed by atoms with Crippen LogP contribution in [0.5, 0.6) is 0 Å². The highest BCUT2D eigenvalue weighted by atomic mass is 32.2. The van der Waals surface area contributed by atoms with Crippen molar-refractivity contribution in [3.63, 3.8) is 0 Å². The van der Waals surface area contributed by atoms with Gasteiger partial charge in [-0.15, -0.1) is 0 Å². The number of benzene rings is 1. The molecule has 4 N–H and O–H groups in total. The molecule has 1 aromatic rings. The molecule has 0 aliphatic carbocycles. The molecule has 0 aliphatic rings. The van der Waals surface area contributed by atoms with Crippen LogP contribution in [-0.4, -0.2) is 30.7 Å². The normalized spacial score (nSPS) is 14.7. The molecule has 0 heterocycles. The Hall–Kier alpha value is -0.960. The van der Waals surface area contributed by atoms with Gasteiger partial charge in [-0.1, -0.05) is 6.92 Å². The van der Waals surface area contributed by atoms with E-state index in [0.29, 0.717) is 23.2 Å². The number of rotatable bonds is 7. The number of hydrazine groups is 1. The molecule has 21 heavy (non-hydrogen) atoms. The van der Waals surface area contributed by atoms with Gasteiger partial charge in [-0.3, -0.25) is 10.1 Å². The van der Waals surface area contributed by atoms with E-state index in [1.807, 2.05) is 6.92 Å². The van der Waals surface area contributed by atoms with Crippen LogP contribution in [0.2, 0.25) is 0 Å². The maximum absolute atomic E-state index is 12.4. The van der Waals surface area contributed by atoms with Crippen molar-refractivity contribution >= 4 is 26.5 Å². The van der Waals surface area contributed by atoms with E-state index in [-0.39, 0.29) is 16.7 Å². The quantitative estimate of drug-likeness (QED) is 0.511. The molecule has 0 bridgehead atoms. The number of hydrogen-bond donors (Lipinski definition) is 3. The van der Waals surface area contributed by atoms with Crippen LogP contribution in [0.25, 0.3) is 0 Å². The second-order valence-electron chi connectivity index (χ2n) is 5.08. The first kappa shape index (κ1) is 18.1. The second-order valence-corrected chi connectivity index (χ2v) is 8.58. The molecule has 120 valence electrons. The summed E-state index contributed by atoms with van der Waals surface area (Å²) in [6, 6.07) is 3.37. The second kappa shape index (κ2) is 7.35. The van der Waals surface area contributed by atoms with Crippen LogP contribution in [0.15, 0.2) is 17.0 Å². The molecule has 8 heteroatoms. The number of nitrogens with one attached hydrogen (secondary N) is 2. The smallest absolute Gasteiger partial charge is 0.241 e. The van der Waals surface area contributed by atoms with Gasteiger partial charge in [0.05, 0.1) is 4.90 Å². The van der Waals surface area contributed by atoms with Crippen molar-refractivity contribution in [1.29, 1.82) is 0 Å². The summed E-state index contributed by atoms with van der Waals surface area (Å²) in [7, 11) is -4.54. The molecular formula is C13H23N3O3S2. The zero-order chi connectivity index (χ0) is 16.2. The average molecular weight is 333 g/mol. The molecule has 2 atom stereocenters. The van der Waals surface area contributed by atoms with Gasteiger partial charge in [0.15, 0.2) is 0 Å². The highest BCUT2D eigenvalue weighted by Gasteiger charge is 2.20. The van der Waals surface area contributed by atoms with Crippen molar-refractivity contribution in [2.45, 2.75) is 37.3 Å². The lowest BCUT2D eigenvalue weighted by Gasteiger charge is -2.15. The van der Waals surface area contributed by atoms with Crippen LogP contribution < -0.4 is 16.0 Å². The van der Waals surface area contributed by atoms with Gasteiger partial charge in [0.25, 0.3) is 0 Å². The fourth-order valence-electron chi connectivity index (χ4n) is 2.09. The van der Waals surface area contributed by atoms with E-state index in [4.69, 9.17) is 5.84 Å². The predicted molar refractivity (Wildman–Crippen MR) is 87.1 cm³/mol. The van der Waals surface area contributed by atoms with Gasteiger partial charge in [0, 0.05) is 34.5 Å². The van der Waals surface area contributed by atoms with Crippen molar-refractivity contribution in [3.05, 3.63) is 23.3 Å². The topological polar surface area (TPSA) is 101 Å². The maximum atomic E-state index is 12.4. The highest BCUT2D eigenvalue weighted by molar-refractivity contribution is 7.89. The van der Waals surface area contributed by atoms with Gasteiger partial charge in [-0.25, -0.2) is 13.1 Å². The van der Waals surface area contributed by atoms with Crippen molar-refractivity contribution < 1.29 is 12.6 Å². The molecule has 0 radical (unpaired) electrons. The molecule has 0 aliphatic heterocycles. The fraction of sp³-hybridized carbons (Fsp3) is 0.538. The highest BCUT2D eigenvalue weighted by Crippen LogP contribution is 2.23. The Labute approximate surface area is 129 Å². The Kier molecular flexibility index (Phi) is 6.33. The summed E-state index contributed by atoms with van der Waals surface area (Å²) in [6.45, 7) is 5.56. The lowest BCUT2D eigenvalue weighted by atomic mass is 10.1. The van der Waals surface area contributed by atoms with Gasteiger partial charge < -0.3 is 5.43 Å². The third kappa shape index (κ3) is 4.77. The largest absolute Gasteiger partial charge is 0.324 e. The molecule has 0 spiro atoms. The number of aryl methyl sites for hydroxylation is 2. The van der Waals surface area contributed by atoms with Crippen molar-refractivity contribution in [2.75, 3.05) is 18.2 Å². The third-order valence-corrected chi connectivity index (χ3v) is 6.44. The molecule has 0 saturated carbocycles.